The van der Waals surface area contributed by atoms with Gasteiger partial charge in [0, 0.05) is 17.0 Å². The summed E-state index contributed by atoms with van der Waals surface area (Å²) in [7, 11) is 0. The summed E-state index contributed by atoms with van der Waals surface area (Å²) >= 11 is 1.61. The summed E-state index contributed by atoms with van der Waals surface area (Å²) in [6.07, 6.45) is 1.79. The van der Waals surface area contributed by atoms with Crippen LogP contribution < -0.4 is 15.4 Å². The molecule has 6 heteroatoms. The van der Waals surface area contributed by atoms with Crippen LogP contribution in [0.4, 0.5) is 11.4 Å². The fourth-order valence-corrected chi connectivity index (χ4v) is 4.37. The molecule has 0 amide bonds. The first-order valence-corrected chi connectivity index (χ1v) is 9.87. The molecule has 0 bridgehead atoms. The average Bonchev–Trinajstić information content (AvgIpc) is 3.21. The van der Waals surface area contributed by atoms with Crippen LogP contribution in [0.5, 0.6) is 11.6 Å². The van der Waals surface area contributed by atoms with Crippen LogP contribution in [-0.4, -0.2) is 17.5 Å². The number of para-hydroxylation sites is 1. The lowest BCUT2D eigenvalue weighted by Crippen LogP contribution is -2.28. The van der Waals surface area contributed by atoms with Gasteiger partial charge in [-0.1, -0.05) is 24.3 Å². The van der Waals surface area contributed by atoms with Crippen LogP contribution in [0.1, 0.15) is 10.4 Å². The van der Waals surface area contributed by atoms with Crippen molar-refractivity contribution in [3.05, 3.63) is 76.6 Å². The predicted molar refractivity (Wildman–Crippen MR) is 115 cm³/mol. The highest BCUT2D eigenvalue weighted by Crippen LogP contribution is 2.41. The lowest BCUT2D eigenvalue weighted by Gasteiger charge is -2.29. The molecule has 138 valence electrons. The van der Waals surface area contributed by atoms with Crippen LogP contribution in [0.3, 0.4) is 0 Å². The molecule has 0 radical (unpaired) electrons. The number of aliphatic imine (C=N–C) groups is 1. The van der Waals surface area contributed by atoms with Crippen molar-refractivity contribution in [3.8, 4) is 11.6 Å². The third-order valence-electron chi connectivity index (χ3n) is 4.86. The van der Waals surface area contributed by atoms with Crippen molar-refractivity contribution in [2.75, 3.05) is 11.6 Å². The van der Waals surface area contributed by atoms with E-state index in [0.717, 1.165) is 38.3 Å². The monoisotopic (exact) mass is 386 g/mol. The fraction of sp³-hybridized carbons (Fsp3) is 0.0909. The van der Waals surface area contributed by atoms with Crippen LogP contribution >= 0.6 is 11.3 Å². The number of ether oxygens (including phenoxy) is 1. The Balaban J connectivity index is 1.67. The molecular formula is C22H18N4OS. The van der Waals surface area contributed by atoms with E-state index in [-0.39, 0.29) is 0 Å². The number of hydrogen-bond acceptors (Lipinski definition) is 6. The smallest absolute Gasteiger partial charge is 0.227 e. The minimum atomic E-state index is 0.493. The van der Waals surface area contributed by atoms with Gasteiger partial charge in [-0.3, -0.25) is 0 Å². The van der Waals surface area contributed by atoms with Crippen molar-refractivity contribution < 1.29 is 4.74 Å². The Morgan fingerprint density at radius 1 is 1.04 bits per heavy atom. The average molecular weight is 386 g/mol. The Morgan fingerprint density at radius 3 is 2.75 bits per heavy atom. The number of amidine groups is 1. The Bertz CT molecular complexity index is 1200. The highest BCUT2D eigenvalue weighted by atomic mass is 32.1. The van der Waals surface area contributed by atoms with E-state index in [9.17, 15) is 0 Å². The molecule has 0 saturated carbocycles. The third kappa shape index (κ3) is 2.70. The maximum Gasteiger partial charge on any atom is 0.227 e. The number of aromatic nitrogens is 1. The second kappa shape index (κ2) is 6.65. The lowest BCUT2D eigenvalue weighted by atomic mass is 10.0. The summed E-state index contributed by atoms with van der Waals surface area (Å²) in [6, 6.07) is 18.0. The number of hydrogen-bond donors (Lipinski definition) is 1. The van der Waals surface area contributed by atoms with Gasteiger partial charge in [-0.2, -0.15) is 0 Å². The second-order valence-corrected chi connectivity index (χ2v) is 7.52. The molecule has 0 spiro atoms. The standard InChI is InChI=1S/C22H18N4OS/c1-14-7-8-17-16(9-11-24-22(17)27-15-5-3-2-4-6-15)19(14)26-13-25-21(23)20-18(26)10-12-28-20/h2-12H,13H2,1H3,(H2,23,25). The lowest BCUT2D eigenvalue weighted by molar-refractivity contribution is 0.469. The predicted octanol–water partition coefficient (Wildman–Crippen LogP) is 5.21. The number of thiophene rings is 1. The van der Waals surface area contributed by atoms with Crippen molar-refractivity contribution in [1.82, 2.24) is 4.98 Å². The van der Waals surface area contributed by atoms with Gasteiger partial charge in [0.25, 0.3) is 0 Å². The summed E-state index contributed by atoms with van der Waals surface area (Å²) in [4.78, 5) is 12.2. The molecule has 2 aromatic carbocycles. The van der Waals surface area contributed by atoms with E-state index < -0.39 is 0 Å². The highest BCUT2D eigenvalue weighted by Gasteiger charge is 2.24. The van der Waals surface area contributed by atoms with Crippen LogP contribution in [0.15, 0.2) is 71.2 Å². The molecule has 0 fully saturated rings. The minimum Gasteiger partial charge on any atom is -0.438 e. The normalized spacial score (nSPS) is 13.3. The van der Waals surface area contributed by atoms with E-state index in [1.165, 1.54) is 0 Å². The molecule has 0 aliphatic carbocycles. The second-order valence-electron chi connectivity index (χ2n) is 6.61. The molecule has 2 aromatic heterocycles. The van der Waals surface area contributed by atoms with E-state index in [2.05, 4.69) is 45.4 Å². The third-order valence-corrected chi connectivity index (χ3v) is 5.79. The first kappa shape index (κ1) is 16.8. The van der Waals surface area contributed by atoms with Gasteiger partial charge in [-0.25, -0.2) is 9.98 Å². The molecule has 2 N–H and O–H groups in total. The first-order valence-electron chi connectivity index (χ1n) is 8.99. The number of nitrogens with zero attached hydrogens (tertiary/aromatic N) is 3. The number of fused-ring (bicyclic) bond motifs is 2. The van der Waals surface area contributed by atoms with Crippen molar-refractivity contribution in [1.29, 1.82) is 0 Å². The first-order chi connectivity index (χ1) is 13.7. The molecule has 4 aromatic rings. The van der Waals surface area contributed by atoms with Crippen LogP contribution in [0, 0.1) is 6.92 Å². The van der Waals surface area contributed by atoms with Crippen LogP contribution in [0.25, 0.3) is 10.8 Å². The zero-order chi connectivity index (χ0) is 19.1. The SMILES string of the molecule is Cc1ccc2c(Oc3ccccc3)nccc2c1N1CN=C(N)c2sccc21. The van der Waals surface area contributed by atoms with Crippen LogP contribution in [-0.2, 0) is 0 Å². The number of rotatable bonds is 3. The number of benzene rings is 2. The van der Waals surface area contributed by atoms with E-state index in [4.69, 9.17) is 10.5 Å². The van der Waals surface area contributed by atoms with Gasteiger partial charge in [0.15, 0.2) is 0 Å². The van der Waals surface area contributed by atoms with Gasteiger partial charge in [0.2, 0.25) is 5.88 Å². The molecule has 1 aliphatic heterocycles. The highest BCUT2D eigenvalue weighted by molar-refractivity contribution is 7.12. The van der Waals surface area contributed by atoms with Gasteiger partial charge < -0.3 is 15.4 Å². The van der Waals surface area contributed by atoms with Crippen LogP contribution in [0.2, 0.25) is 0 Å². The van der Waals surface area contributed by atoms with Gasteiger partial charge in [0.05, 0.1) is 16.3 Å². The molecular weight excluding hydrogens is 368 g/mol. The topological polar surface area (TPSA) is 63.7 Å². The number of aryl methyl sites for hydroxylation is 1. The van der Waals surface area contributed by atoms with E-state index in [1.54, 1.807) is 17.5 Å². The molecule has 0 atom stereocenters. The van der Waals surface area contributed by atoms with E-state index >= 15 is 0 Å². The quantitative estimate of drug-likeness (QED) is 0.525. The molecule has 5 rings (SSSR count). The van der Waals surface area contributed by atoms with E-state index in [0.29, 0.717) is 18.4 Å². The summed E-state index contributed by atoms with van der Waals surface area (Å²) in [5, 5.41) is 4.09. The fourth-order valence-electron chi connectivity index (χ4n) is 3.55. The van der Waals surface area contributed by atoms with Gasteiger partial charge >= 0.3 is 0 Å². The molecule has 0 unspecified atom stereocenters. The Kier molecular flexibility index (Phi) is 3.98. The molecule has 5 nitrogen and oxygen atoms in total. The number of pyridine rings is 1. The van der Waals surface area contributed by atoms with Crippen molar-refractivity contribution >= 4 is 39.3 Å². The molecule has 1 aliphatic rings. The Morgan fingerprint density at radius 2 is 1.89 bits per heavy atom. The largest absolute Gasteiger partial charge is 0.438 e. The molecule has 28 heavy (non-hydrogen) atoms. The van der Waals surface area contributed by atoms with E-state index in [1.807, 2.05) is 36.4 Å². The van der Waals surface area contributed by atoms with Crippen molar-refractivity contribution in [2.24, 2.45) is 10.7 Å². The summed E-state index contributed by atoms with van der Waals surface area (Å²) in [5.41, 5.74) is 9.46. The maximum absolute atomic E-state index is 6.10. The Labute approximate surface area is 166 Å². The zero-order valence-electron chi connectivity index (χ0n) is 15.3. The molecule has 3 heterocycles. The summed E-state index contributed by atoms with van der Waals surface area (Å²) < 4.78 is 6.07. The Hall–Kier alpha value is -3.38. The van der Waals surface area contributed by atoms with Gasteiger partial charge in [-0.05, 0) is 48.2 Å². The van der Waals surface area contributed by atoms with Gasteiger partial charge in [0.1, 0.15) is 18.3 Å². The van der Waals surface area contributed by atoms with Crippen molar-refractivity contribution in [2.45, 2.75) is 6.92 Å². The molecule has 0 saturated heterocycles. The minimum absolute atomic E-state index is 0.493. The number of nitrogens with two attached hydrogens (primary N) is 1. The summed E-state index contributed by atoms with van der Waals surface area (Å²) in [5.74, 6) is 1.96. The zero-order valence-corrected chi connectivity index (χ0v) is 16.1. The van der Waals surface area contributed by atoms with Crippen molar-refractivity contribution in [3.63, 3.8) is 0 Å². The van der Waals surface area contributed by atoms with Gasteiger partial charge in [-0.15, -0.1) is 11.3 Å². The maximum atomic E-state index is 6.10. The number of anilines is 2. The summed E-state index contributed by atoms with van der Waals surface area (Å²) in [6.45, 7) is 2.60.